The molecule has 1 aliphatic heterocycles. The third kappa shape index (κ3) is 3.63. The molecule has 0 radical (unpaired) electrons. The first-order valence-electron chi connectivity index (χ1n) is 7.99. The van der Waals surface area contributed by atoms with E-state index in [9.17, 15) is 4.79 Å². The van der Waals surface area contributed by atoms with Gasteiger partial charge >= 0.3 is 0 Å². The zero-order chi connectivity index (χ0) is 14.5. The predicted octanol–water partition coefficient (Wildman–Crippen LogP) is 1.98. The summed E-state index contributed by atoms with van der Waals surface area (Å²) in [5.41, 5.74) is 1.27. The smallest absolute Gasteiger partial charge is 0.223 e. The number of rotatable bonds is 5. The molecule has 2 aliphatic rings. The van der Waals surface area contributed by atoms with E-state index in [4.69, 9.17) is 4.74 Å². The Labute approximate surface area is 126 Å². The number of morpholine rings is 1. The van der Waals surface area contributed by atoms with Crippen LogP contribution >= 0.6 is 0 Å². The maximum atomic E-state index is 12.1. The van der Waals surface area contributed by atoms with E-state index in [1.165, 1.54) is 12.0 Å². The minimum Gasteiger partial charge on any atom is -0.379 e. The molecule has 1 saturated heterocycles. The molecule has 3 rings (SSSR count). The van der Waals surface area contributed by atoms with Gasteiger partial charge in [0.25, 0.3) is 0 Å². The lowest BCUT2D eigenvalue weighted by Gasteiger charge is -2.35. The van der Waals surface area contributed by atoms with E-state index in [0.29, 0.717) is 6.54 Å². The van der Waals surface area contributed by atoms with E-state index in [2.05, 4.69) is 34.5 Å². The minimum absolute atomic E-state index is 0.232. The molecule has 1 aromatic carbocycles. The molecule has 1 heterocycles. The zero-order valence-electron chi connectivity index (χ0n) is 12.5. The molecule has 1 unspecified atom stereocenters. The Morgan fingerprint density at radius 3 is 2.57 bits per heavy atom. The molecule has 1 N–H and O–H groups in total. The number of carbonyl (C=O) groups is 1. The van der Waals surface area contributed by atoms with Gasteiger partial charge in [-0.2, -0.15) is 0 Å². The fraction of sp³-hybridized carbons (Fsp3) is 0.588. The van der Waals surface area contributed by atoms with Gasteiger partial charge in [0.1, 0.15) is 0 Å². The number of benzene rings is 1. The lowest BCUT2D eigenvalue weighted by molar-refractivity contribution is -0.127. The molecule has 0 spiro atoms. The van der Waals surface area contributed by atoms with Crippen molar-refractivity contribution in [3.8, 4) is 0 Å². The summed E-state index contributed by atoms with van der Waals surface area (Å²) in [5, 5.41) is 3.16. The molecule has 114 valence electrons. The van der Waals surface area contributed by atoms with Gasteiger partial charge in [0.05, 0.1) is 19.3 Å². The highest BCUT2D eigenvalue weighted by molar-refractivity contribution is 5.79. The number of ether oxygens (including phenoxy) is 1. The molecular formula is C17H24N2O2. The molecule has 1 aromatic rings. The van der Waals surface area contributed by atoms with Crippen molar-refractivity contribution in [1.29, 1.82) is 0 Å². The highest BCUT2D eigenvalue weighted by atomic mass is 16.5. The first-order valence-corrected chi connectivity index (χ1v) is 7.99. The summed E-state index contributed by atoms with van der Waals surface area (Å²) in [6.45, 7) is 4.11. The van der Waals surface area contributed by atoms with Crippen LogP contribution in [0, 0.1) is 5.92 Å². The molecule has 1 aliphatic carbocycles. The van der Waals surface area contributed by atoms with Crippen LogP contribution in [0.1, 0.15) is 30.9 Å². The lowest BCUT2D eigenvalue weighted by atomic mass is 9.85. The molecule has 1 amide bonds. The standard InChI is InChI=1S/C17H24N2O2/c20-17(15-7-4-8-15)18-13-16(14-5-2-1-3-6-14)19-9-11-21-12-10-19/h1-3,5-6,15-16H,4,7-13H2,(H,18,20). The van der Waals surface area contributed by atoms with Gasteiger partial charge in [-0.15, -0.1) is 0 Å². The molecule has 4 nitrogen and oxygen atoms in total. The largest absolute Gasteiger partial charge is 0.379 e. The molecule has 0 aromatic heterocycles. The van der Waals surface area contributed by atoms with E-state index in [1.54, 1.807) is 0 Å². The molecule has 1 atom stereocenters. The van der Waals surface area contributed by atoms with Gasteiger partial charge in [-0.1, -0.05) is 36.8 Å². The Bertz CT molecular complexity index is 453. The second-order valence-electron chi connectivity index (χ2n) is 5.95. The number of carbonyl (C=O) groups excluding carboxylic acids is 1. The average Bonchev–Trinajstić information content (AvgIpc) is 2.48. The quantitative estimate of drug-likeness (QED) is 0.901. The number of amides is 1. The third-order valence-electron chi connectivity index (χ3n) is 4.62. The molecular weight excluding hydrogens is 264 g/mol. The first kappa shape index (κ1) is 14.5. The van der Waals surface area contributed by atoms with Crippen molar-refractivity contribution in [2.24, 2.45) is 5.92 Å². The van der Waals surface area contributed by atoms with Crippen LogP contribution in [0.5, 0.6) is 0 Å². The summed E-state index contributed by atoms with van der Waals surface area (Å²) in [4.78, 5) is 14.5. The Morgan fingerprint density at radius 1 is 1.24 bits per heavy atom. The van der Waals surface area contributed by atoms with E-state index < -0.39 is 0 Å². The lowest BCUT2D eigenvalue weighted by Crippen LogP contribution is -2.45. The molecule has 2 fully saturated rings. The normalized spacial score (nSPS) is 21.5. The number of nitrogens with zero attached hydrogens (tertiary/aromatic N) is 1. The van der Waals surface area contributed by atoms with E-state index >= 15 is 0 Å². The van der Waals surface area contributed by atoms with Gasteiger partial charge in [-0.05, 0) is 18.4 Å². The number of hydrogen-bond acceptors (Lipinski definition) is 3. The Hall–Kier alpha value is -1.39. The minimum atomic E-state index is 0.232. The fourth-order valence-corrected chi connectivity index (χ4v) is 3.03. The first-order chi connectivity index (χ1) is 10.3. The van der Waals surface area contributed by atoms with E-state index in [-0.39, 0.29) is 17.9 Å². The summed E-state index contributed by atoms with van der Waals surface area (Å²) in [7, 11) is 0. The van der Waals surface area contributed by atoms with E-state index in [1.807, 2.05) is 6.07 Å². The molecule has 1 saturated carbocycles. The van der Waals surface area contributed by atoms with Crippen molar-refractivity contribution < 1.29 is 9.53 Å². The maximum absolute atomic E-state index is 12.1. The van der Waals surface area contributed by atoms with Crippen molar-refractivity contribution >= 4 is 5.91 Å². The fourth-order valence-electron chi connectivity index (χ4n) is 3.03. The van der Waals surface area contributed by atoms with Crippen LogP contribution in [0.3, 0.4) is 0 Å². The number of hydrogen-bond donors (Lipinski definition) is 1. The van der Waals surface area contributed by atoms with Gasteiger partial charge in [0.15, 0.2) is 0 Å². The Balaban J connectivity index is 1.64. The van der Waals surface area contributed by atoms with Crippen LogP contribution in [0.4, 0.5) is 0 Å². The van der Waals surface area contributed by atoms with Crippen molar-refractivity contribution in [3.63, 3.8) is 0 Å². The van der Waals surface area contributed by atoms with Crippen LogP contribution in [0.2, 0.25) is 0 Å². The molecule has 0 bridgehead atoms. The van der Waals surface area contributed by atoms with Gasteiger partial charge in [-0.3, -0.25) is 9.69 Å². The Morgan fingerprint density at radius 2 is 1.95 bits per heavy atom. The van der Waals surface area contributed by atoms with E-state index in [0.717, 1.165) is 39.1 Å². The summed E-state index contributed by atoms with van der Waals surface area (Å²) in [6, 6.07) is 10.7. The highest BCUT2D eigenvalue weighted by Crippen LogP contribution is 2.27. The SMILES string of the molecule is O=C(NCC(c1ccccc1)N1CCOCC1)C1CCC1. The predicted molar refractivity (Wildman–Crippen MR) is 81.9 cm³/mol. The topological polar surface area (TPSA) is 41.6 Å². The summed E-state index contributed by atoms with van der Waals surface area (Å²) in [5.74, 6) is 0.488. The van der Waals surface area contributed by atoms with Crippen LogP contribution in [-0.4, -0.2) is 43.7 Å². The highest BCUT2D eigenvalue weighted by Gasteiger charge is 2.27. The maximum Gasteiger partial charge on any atom is 0.223 e. The van der Waals surface area contributed by atoms with Crippen molar-refractivity contribution in [2.45, 2.75) is 25.3 Å². The zero-order valence-corrected chi connectivity index (χ0v) is 12.5. The van der Waals surface area contributed by atoms with Crippen LogP contribution < -0.4 is 5.32 Å². The second-order valence-corrected chi connectivity index (χ2v) is 5.95. The monoisotopic (exact) mass is 288 g/mol. The van der Waals surface area contributed by atoms with Crippen LogP contribution in [0.15, 0.2) is 30.3 Å². The van der Waals surface area contributed by atoms with Crippen molar-refractivity contribution in [3.05, 3.63) is 35.9 Å². The molecule has 21 heavy (non-hydrogen) atoms. The van der Waals surface area contributed by atoms with Crippen molar-refractivity contribution in [1.82, 2.24) is 10.2 Å². The second kappa shape index (κ2) is 7.05. The van der Waals surface area contributed by atoms with Gasteiger partial charge < -0.3 is 10.1 Å². The van der Waals surface area contributed by atoms with Crippen LogP contribution in [-0.2, 0) is 9.53 Å². The van der Waals surface area contributed by atoms with Crippen LogP contribution in [0.25, 0.3) is 0 Å². The van der Waals surface area contributed by atoms with Gasteiger partial charge in [0, 0.05) is 25.6 Å². The van der Waals surface area contributed by atoms with Gasteiger partial charge in [-0.25, -0.2) is 0 Å². The van der Waals surface area contributed by atoms with Crippen molar-refractivity contribution in [2.75, 3.05) is 32.8 Å². The average molecular weight is 288 g/mol. The Kier molecular flexibility index (Phi) is 4.88. The number of nitrogens with one attached hydrogen (secondary N) is 1. The molecule has 4 heteroatoms. The summed E-state index contributed by atoms with van der Waals surface area (Å²) in [6.07, 6.45) is 3.31. The third-order valence-corrected chi connectivity index (χ3v) is 4.62. The summed E-state index contributed by atoms with van der Waals surface area (Å²) >= 11 is 0. The van der Waals surface area contributed by atoms with Gasteiger partial charge in [0.2, 0.25) is 5.91 Å². The summed E-state index contributed by atoms with van der Waals surface area (Å²) < 4.78 is 5.45.